The molecule has 0 bridgehead atoms. The molecule has 1 N–H and O–H groups in total. The third-order valence-corrected chi connectivity index (χ3v) is 2.96. The Balaban J connectivity index is 2.01. The lowest BCUT2D eigenvalue weighted by atomic mass is 9.95. The van der Waals surface area contributed by atoms with Crippen LogP contribution in [0.4, 0.5) is 0 Å². The predicted octanol–water partition coefficient (Wildman–Crippen LogP) is 0.757. The van der Waals surface area contributed by atoms with Crippen LogP contribution in [0, 0.1) is 5.92 Å². The molecule has 2 rings (SSSR count). The molecule has 0 radical (unpaired) electrons. The van der Waals surface area contributed by atoms with Crippen molar-refractivity contribution in [3.63, 3.8) is 0 Å². The van der Waals surface area contributed by atoms with Crippen LogP contribution in [0.1, 0.15) is 32.0 Å². The molecule has 1 aliphatic heterocycles. The summed E-state index contributed by atoms with van der Waals surface area (Å²) in [7, 11) is 0. The molecular weight excluding hydrogens is 204 g/mol. The molecule has 0 saturated carbocycles. The molecule has 2 heterocycles. The number of aryl methyl sites for hydroxylation is 1. The molecule has 1 aromatic heterocycles. The van der Waals surface area contributed by atoms with Gasteiger partial charge in [0.05, 0.1) is 0 Å². The Morgan fingerprint density at radius 3 is 3.25 bits per heavy atom. The molecule has 0 aromatic carbocycles. The van der Waals surface area contributed by atoms with Crippen molar-refractivity contribution in [3.8, 4) is 0 Å². The maximum atomic E-state index is 11.6. The van der Waals surface area contributed by atoms with Crippen molar-refractivity contribution in [1.29, 1.82) is 0 Å². The molecule has 1 atom stereocenters. The Morgan fingerprint density at radius 1 is 1.62 bits per heavy atom. The van der Waals surface area contributed by atoms with Gasteiger partial charge in [-0.3, -0.25) is 9.48 Å². The van der Waals surface area contributed by atoms with Crippen molar-refractivity contribution in [1.82, 2.24) is 20.1 Å². The number of carbonyl (C=O) groups is 1. The first-order chi connectivity index (χ1) is 7.81. The summed E-state index contributed by atoms with van der Waals surface area (Å²) in [6.45, 7) is 3.80. The third-order valence-electron chi connectivity index (χ3n) is 2.96. The largest absolute Gasteiger partial charge is 0.356 e. The first-order valence-corrected chi connectivity index (χ1v) is 5.95. The van der Waals surface area contributed by atoms with Gasteiger partial charge in [0.15, 0.2) is 0 Å². The normalized spacial score (nSPS) is 20.8. The molecule has 1 aromatic rings. The number of nitrogens with zero attached hydrogens (tertiary/aromatic N) is 3. The van der Waals surface area contributed by atoms with Gasteiger partial charge in [-0.25, -0.2) is 4.98 Å². The van der Waals surface area contributed by atoms with E-state index in [2.05, 4.69) is 22.3 Å². The molecular formula is C11H18N4O. The number of hydrogen-bond acceptors (Lipinski definition) is 3. The van der Waals surface area contributed by atoms with Gasteiger partial charge in [-0.05, 0) is 19.3 Å². The Bertz CT molecular complexity index is 361. The zero-order chi connectivity index (χ0) is 11.4. The van der Waals surface area contributed by atoms with E-state index in [4.69, 9.17) is 0 Å². The average Bonchev–Trinajstić information content (AvgIpc) is 2.70. The first-order valence-electron chi connectivity index (χ1n) is 5.95. The van der Waals surface area contributed by atoms with E-state index in [1.807, 2.05) is 4.68 Å². The number of rotatable bonds is 4. The molecule has 0 aliphatic carbocycles. The quantitative estimate of drug-likeness (QED) is 0.818. The minimum Gasteiger partial charge on any atom is -0.356 e. The van der Waals surface area contributed by atoms with E-state index >= 15 is 0 Å². The van der Waals surface area contributed by atoms with Crippen molar-refractivity contribution in [2.75, 3.05) is 6.54 Å². The number of hydrogen-bond donors (Lipinski definition) is 1. The highest BCUT2D eigenvalue weighted by Gasteiger charge is 2.23. The van der Waals surface area contributed by atoms with Gasteiger partial charge in [0, 0.05) is 25.4 Å². The summed E-state index contributed by atoms with van der Waals surface area (Å²) in [5.74, 6) is 1.18. The number of piperidine rings is 1. The van der Waals surface area contributed by atoms with Crippen molar-refractivity contribution in [3.05, 3.63) is 12.2 Å². The van der Waals surface area contributed by atoms with Crippen LogP contribution >= 0.6 is 0 Å². The van der Waals surface area contributed by atoms with Gasteiger partial charge in [-0.1, -0.05) is 6.92 Å². The summed E-state index contributed by atoms with van der Waals surface area (Å²) in [6, 6.07) is 0. The van der Waals surface area contributed by atoms with E-state index in [9.17, 15) is 4.79 Å². The number of aromatic nitrogens is 3. The summed E-state index contributed by atoms with van der Waals surface area (Å²) in [4.78, 5) is 15.9. The average molecular weight is 222 g/mol. The fourth-order valence-corrected chi connectivity index (χ4v) is 2.10. The molecule has 1 aliphatic rings. The van der Waals surface area contributed by atoms with Crippen LogP contribution < -0.4 is 5.32 Å². The second-order valence-electron chi connectivity index (χ2n) is 4.23. The van der Waals surface area contributed by atoms with Crippen LogP contribution in [0.25, 0.3) is 0 Å². The fraction of sp³-hybridized carbons (Fsp3) is 0.727. The van der Waals surface area contributed by atoms with Crippen molar-refractivity contribution in [2.24, 2.45) is 5.92 Å². The zero-order valence-electron chi connectivity index (χ0n) is 9.65. The van der Waals surface area contributed by atoms with Gasteiger partial charge in [-0.15, -0.1) is 0 Å². The molecule has 16 heavy (non-hydrogen) atoms. The highest BCUT2D eigenvalue weighted by atomic mass is 16.1. The minimum absolute atomic E-state index is 0.0774. The van der Waals surface area contributed by atoms with Crippen LogP contribution in [0.2, 0.25) is 0 Å². The van der Waals surface area contributed by atoms with E-state index in [-0.39, 0.29) is 11.8 Å². The third kappa shape index (κ3) is 2.40. The van der Waals surface area contributed by atoms with Crippen LogP contribution in [0.15, 0.2) is 6.33 Å². The molecule has 88 valence electrons. The van der Waals surface area contributed by atoms with Gasteiger partial charge in [0.25, 0.3) is 0 Å². The summed E-state index contributed by atoms with van der Waals surface area (Å²) in [6.07, 6.45) is 5.36. The Kier molecular flexibility index (Phi) is 3.54. The summed E-state index contributed by atoms with van der Waals surface area (Å²) < 4.78 is 1.90. The number of nitrogens with one attached hydrogen (secondary N) is 1. The Labute approximate surface area is 95.2 Å². The molecule has 0 spiro atoms. The fourth-order valence-electron chi connectivity index (χ4n) is 2.10. The first kappa shape index (κ1) is 11.1. The number of carbonyl (C=O) groups excluding carboxylic acids is 1. The SMILES string of the molecule is CCCn1ncnc1CC1CCCNC1=O. The van der Waals surface area contributed by atoms with Crippen molar-refractivity contribution in [2.45, 2.75) is 39.2 Å². The topological polar surface area (TPSA) is 59.8 Å². The monoisotopic (exact) mass is 222 g/mol. The maximum Gasteiger partial charge on any atom is 0.223 e. The van der Waals surface area contributed by atoms with Crippen LogP contribution in [0.3, 0.4) is 0 Å². The second-order valence-corrected chi connectivity index (χ2v) is 4.23. The van der Waals surface area contributed by atoms with E-state index in [1.54, 1.807) is 6.33 Å². The molecule has 5 nitrogen and oxygen atoms in total. The van der Waals surface area contributed by atoms with E-state index in [0.29, 0.717) is 6.42 Å². The van der Waals surface area contributed by atoms with Gasteiger partial charge in [-0.2, -0.15) is 5.10 Å². The Hall–Kier alpha value is -1.39. The standard InChI is InChI=1S/C11H18N4O/c1-2-6-15-10(13-8-14-15)7-9-4-3-5-12-11(9)16/h8-9H,2-7H2,1H3,(H,12,16). The van der Waals surface area contributed by atoms with Crippen LogP contribution in [0.5, 0.6) is 0 Å². The molecule has 1 unspecified atom stereocenters. The molecule has 5 heteroatoms. The van der Waals surface area contributed by atoms with Crippen LogP contribution in [-0.2, 0) is 17.8 Å². The Morgan fingerprint density at radius 2 is 2.50 bits per heavy atom. The lowest BCUT2D eigenvalue weighted by molar-refractivity contribution is -0.126. The lowest BCUT2D eigenvalue weighted by Crippen LogP contribution is -2.37. The van der Waals surface area contributed by atoms with Crippen molar-refractivity contribution < 1.29 is 4.79 Å². The lowest BCUT2D eigenvalue weighted by Gasteiger charge is -2.21. The predicted molar refractivity (Wildman–Crippen MR) is 59.8 cm³/mol. The molecule has 1 amide bonds. The van der Waals surface area contributed by atoms with Gasteiger partial charge in [0.1, 0.15) is 12.2 Å². The molecule has 1 saturated heterocycles. The summed E-state index contributed by atoms with van der Waals surface area (Å²) >= 11 is 0. The van der Waals surface area contributed by atoms with Crippen molar-refractivity contribution >= 4 is 5.91 Å². The number of amides is 1. The highest BCUT2D eigenvalue weighted by molar-refractivity contribution is 5.79. The van der Waals surface area contributed by atoms with E-state index in [0.717, 1.165) is 38.2 Å². The highest BCUT2D eigenvalue weighted by Crippen LogP contribution is 2.16. The summed E-state index contributed by atoms with van der Waals surface area (Å²) in [5, 5.41) is 7.07. The van der Waals surface area contributed by atoms with Gasteiger partial charge >= 0.3 is 0 Å². The maximum absolute atomic E-state index is 11.6. The van der Waals surface area contributed by atoms with E-state index in [1.165, 1.54) is 0 Å². The van der Waals surface area contributed by atoms with E-state index < -0.39 is 0 Å². The van der Waals surface area contributed by atoms with Gasteiger partial charge in [0.2, 0.25) is 5.91 Å². The summed E-state index contributed by atoms with van der Waals surface area (Å²) in [5.41, 5.74) is 0. The van der Waals surface area contributed by atoms with Crippen LogP contribution in [-0.4, -0.2) is 27.2 Å². The van der Waals surface area contributed by atoms with Gasteiger partial charge < -0.3 is 5.32 Å². The molecule has 1 fully saturated rings. The second kappa shape index (κ2) is 5.09. The zero-order valence-corrected chi connectivity index (χ0v) is 9.65. The smallest absolute Gasteiger partial charge is 0.223 e. The minimum atomic E-state index is 0.0774.